The molecule has 0 fully saturated rings. The number of ether oxygens (including phenoxy) is 1. The summed E-state index contributed by atoms with van der Waals surface area (Å²) in [6.07, 6.45) is 0.398. The summed E-state index contributed by atoms with van der Waals surface area (Å²) >= 11 is 1.49. The van der Waals surface area contributed by atoms with E-state index in [9.17, 15) is 9.18 Å². The molecule has 0 spiro atoms. The minimum absolute atomic E-state index is 0.170. The highest BCUT2D eigenvalue weighted by molar-refractivity contribution is 7.99. The van der Waals surface area contributed by atoms with Crippen LogP contribution in [0.4, 0.5) is 4.39 Å². The molecule has 0 saturated carbocycles. The molecule has 106 valence electrons. The first-order chi connectivity index (χ1) is 9.13. The molecule has 0 heterocycles. The molecule has 0 aliphatic rings. The summed E-state index contributed by atoms with van der Waals surface area (Å²) in [7, 11) is 1.95. The van der Waals surface area contributed by atoms with Gasteiger partial charge in [-0.3, -0.25) is 4.79 Å². The summed E-state index contributed by atoms with van der Waals surface area (Å²) in [5.41, 5.74) is 0. The van der Waals surface area contributed by atoms with E-state index >= 15 is 0 Å². The van der Waals surface area contributed by atoms with Gasteiger partial charge >= 0.3 is 5.97 Å². The fourth-order valence-electron chi connectivity index (χ4n) is 1.50. The van der Waals surface area contributed by atoms with Crippen molar-refractivity contribution in [2.45, 2.75) is 18.2 Å². The van der Waals surface area contributed by atoms with E-state index in [2.05, 4.69) is 0 Å². The van der Waals surface area contributed by atoms with Crippen LogP contribution in [0.5, 0.6) is 0 Å². The maximum Gasteiger partial charge on any atom is 0.307 e. The standard InChI is InChI=1S/C14H20FNO2S/c1-3-18-14(17)8-9-16(2)10-11-19-13-7-5-4-6-12(13)15/h4-7H,3,8-11H2,1-2H3. The highest BCUT2D eigenvalue weighted by Gasteiger charge is 2.06. The number of halogens is 1. The average molecular weight is 285 g/mol. The lowest BCUT2D eigenvalue weighted by molar-refractivity contribution is -0.143. The minimum atomic E-state index is -0.179. The van der Waals surface area contributed by atoms with Crippen molar-refractivity contribution < 1.29 is 13.9 Å². The van der Waals surface area contributed by atoms with Crippen LogP contribution in [0.2, 0.25) is 0 Å². The van der Waals surface area contributed by atoms with Crippen molar-refractivity contribution in [1.82, 2.24) is 4.90 Å². The molecule has 0 N–H and O–H groups in total. The molecule has 1 aromatic rings. The van der Waals surface area contributed by atoms with Crippen molar-refractivity contribution in [3.8, 4) is 0 Å². The zero-order chi connectivity index (χ0) is 14.1. The fourth-order valence-corrected chi connectivity index (χ4v) is 2.50. The first-order valence-corrected chi connectivity index (χ1v) is 7.33. The number of rotatable bonds is 8. The summed E-state index contributed by atoms with van der Waals surface area (Å²) in [6, 6.07) is 6.76. The minimum Gasteiger partial charge on any atom is -0.466 e. The molecule has 0 saturated heterocycles. The Balaban J connectivity index is 2.18. The summed E-state index contributed by atoms with van der Waals surface area (Å²) in [4.78, 5) is 13.9. The second kappa shape index (κ2) is 8.93. The van der Waals surface area contributed by atoms with E-state index in [1.165, 1.54) is 17.8 Å². The largest absolute Gasteiger partial charge is 0.466 e. The molecule has 0 amide bonds. The van der Waals surface area contributed by atoms with Crippen LogP contribution in [0.25, 0.3) is 0 Å². The van der Waals surface area contributed by atoms with Crippen molar-refractivity contribution in [3.63, 3.8) is 0 Å². The van der Waals surface area contributed by atoms with Crippen LogP contribution in [-0.2, 0) is 9.53 Å². The SMILES string of the molecule is CCOC(=O)CCN(C)CCSc1ccccc1F. The van der Waals surface area contributed by atoms with Gasteiger partial charge in [-0.05, 0) is 26.1 Å². The van der Waals surface area contributed by atoms with Crippen molar-refractivity contribution in [2.75, 3.05) is 32.5 Å². The molecule has 0 aliphatic heterocycles. The topological polar surface area (TPSA) is 29.5 Å². The summed E-state index contributed by atoms with van der Waals surface area (Å²) in [5, 5.41) is 0. The molecular weight excluding hydrogens is 265 g/mol. The van der Waals surface area contributed by atoms with E-state index in [4.69, 9.17) is 4.74 Å². The van der Waals surface area contributed by atoms with E-state index in [0.29, 0.717) is 24.5 Å². The Morgan fingerprint density at radius 2 is 2.11 bits per heavy atom. The molecule has 1 rings (SSSR count). The van der Waals surface area contributed by atoms with Crippen LogP contribution >= 0.6 is 11.8 Å². The number of esters is 1. The maximum absolute atomic E-state index is 13.4. The zero-order valence-corrected chi connectivity index (χ0v) is 12.2. The second-order valence-electron chi connectivity index (χ2n) is 4.14. The number of thioether (sulfide) groups is 1. The van der Waals surface area contributed by atoms with Crippen molar-refractivity contribution in [3.05, 3.63) is 30.1 Å². The van der Waals surface area contributed by atoms with Crippen LogP contribution < -0.4 is 0 Å². The normalized spacial score (nSPS) is 10.7. The van der Waals surface area contributed by atoms with E-state index in [1.807, 2.05) is 18.0 Å². The summed E-state index contributed by atoms with van der Waals surface area (Å²) in [6.45, 7) is 3.69. The molecule has 0 unspecified atom stereocenters. The molecule has 0 atom stereocenters. The molecule has 0 aliphatic carbocycles. The van der Waals surface area contributed by atoms with Gasteiger partial charge in [0.25, 0.3) is 0 Å². The molecule has 1 aromatic carbocycles. The predicted octanol–water partition coefficient (Wildman–Crippen LogP) is 2.80. The Kier molecular flexibility index (Phi) is 7.52. The molecule has 5 heteroatoms. The number of nitrogens with zero attached hydrogens (tertiary/aromatic N) is 1. The third-order valence-corrected chi connectivity index (χ3v) is 3.60. The zero-order valence-electron chi connectivity index (χ0n) is 11.4. The molecule has 0 radical (unpaired) electrons. The van der Waals surface area contributed by atoms with Gasteiger partial charge in [0.2, 0.25) is 0 Å². The van der Waals surface area contributed by atoms with Crippen LogP contribution in [-0.4, -0.2) is 43.4 Å². The average Bonchev–Trinajstić information content (AvgIpc) is 2.39. The lowest BCUT2D eigenvalue weighted by Crippen LogP contribution is -2.24. The second-order valence-corrected chi connectivity index (χ2v) is 5.27. The number of hydrogen-bond donors (Lipinski definition) is 0. The van der Waals surface area contributed by atoms with Gasteiger partial charge in [0.15, 0.2) is 0 Å². The third kappa shape index (κ3) is 6.59. The molecule has 0 aromatic heterocycles. The van der Waals surface area contributed by atoms with Crippen molar-refractivity contribution in [1.29, 1.82) is 0 Å². The van der Waals surface area contributed by atoms with Gasteiger partial charge in [0.05, 0.1) is 13.0 Å². The third-order valence-electron chi connectivity index (χ3n) is 2.57. The summed E-state index contributed by atoms with van der Waals surface area (Å²) in [5.74, 6) is 0.443. The highest BCUT2D eigenvalue weighted by Crippen LogP contribution is 2.20. The van der Waals surface area contributed by atoms with Gasteiger partial charge in [0.1, 0.15) is 5.82 Å². The van der Waals surface area contributed by atoms with Gasteiger partial charge < -0.3 is 9.64 Å². The van der Waals surface area contributed by atoms with Crippen molar-refractivity contribution >= 4 is 17.7 Å². The van der Waals surface area contributed by atoms with Crippen LogP contribution in [0, 0.1) is 5.82 Å². The Morgan fingerprint density at radius 3 is 2.79 bits per heavy atom. The van der Waals surface area contributed by atoms with Gasteiger partial charge in [-0.25, -0.2) is 4.39 Å². The lowest BCUT2D eigenvalue weighted by atomic mass is 10.3. The predicted molar refractivity (Wildman–Crippen MR) is 75.9 cm³/mol. The van der Waals surface area contributed by atoms with E-state index in [1.54, 1.807) is 19.1 Å². The molecular formula is C14H20FNO2S. The van der Waals surface area contributed by atoms with E-state index < -0.39 is 0 Å². The Labute approximate surface area is 118 Å². The molecule has 0 bridgehead atoms. The number of carbonyl (C=O) groups excluding carboxylic acids is 1. The first-order valence-electron chi connectivity index (χ1n) is 6.35. The number of benzene rings is 1. The Bertz CT molecular complexity index is 401. The molecule has 19 heavy (non-hydrogen) atoms. The van der Waals surface area contributed by atoms with Crippen LogP contribution in [0.1, 0.15) is 13.3 Å². The Hall–Kier alpha value is -1.07. The van der Waals surface area contributed by atoms with Gasteiger partial charge in [-0.2, -0.15) is 0 Å². The van der Waals surface area contributed by atoms with E-state index in [-0.39, 0.29) is 11.8 Å². The fraction of sp³-hybridized carbons (Fsp3) is 0.500. The van der Waals surface area contributed by atoms with E-state index in [0.717, 1.165) is 12.3 Å². The summed E-state index contributed by atoms with van der Waals surface area (Å²) < 4.78 is 18.2. The maximum atomic E-state index is 13.4. The highest BCUT2D eigenvalue weighted by atomic mass is 32.2. The van der Waals surface area contributed by atoms with Gasteiger partial charge in [0, 0.05) is 23.7 Å². The number of hydrogen-bond acceptors (Lipinski definition) is 4. The molecule has 3 nitrogen and oxygen atoms in total. The lowest BCUT2D eigenvalue weighted by Gasteiger charge is -2.15. The van der Waals surface area contributed by atoms with Crippen molar-refractivity contribution in [2.24, 2.45) is 0 Å². The van der Waals surface area contributed by atoms with Crippen LogP contribution in [0.3, 0.4) is 0 Å². The van der Waals surface area contributed by atoms with Gasteiger partial charge in [-0.1, -0.05) is 12.1 Å². The first kappa shape index (κ1) is 16.0. The van der Waals surface area contributed by atoms with Gasteiger partial charge in [-0.15, -0.1) is 11.8 Å². The Morgan fingerprint density at radius 1 is 1.37 bits per heavy atom. The number of carbonyl (C=O) groups is 1. The quantitative estimate of drug-likeness (QED) is 0.542. The monoisotopic (exact) mass is 285 g/mol. The smallest absolute Gasteiger partial charge is 0.307 e. The van der Waals surface area contributed by atoms with Crippen LogP contribution in [0.15, 0.2) is 29.2 Å².